The van der Waals surface area contributed by atoms with E-state index in [1.807, 2.05) is 6.92 Å². The Morgan fingerprint density at radius 3 is 2.28 bits per heavy atom. The number of hydrogen-bond donors (Lipinski definition) is 6. The van der Waals surface area contributed by atoms with Crippen LogP contribution in [-0.4, -0.2) is 81.5 Å². The van der Waals surface area contributed by atoms with E-state index in [4.69, 9.17) is 4.74 Å². The molecule has 13 nitrogen and oxygen atoms in total. The number of carboxylic acid groups (broad SMARTS) is 1. The highest BCUT2D eigenvalue weighted by molar-refractivity contribution is 6.20. The minimum absolute atomic E-state index is 0.0758. The van der Waals surface area contributed by atoms with Crippen molar-refractivity contribution in [1.82, 2.24) is 20.9 Å². The van der Waals surface area contributed by atoms with Crippen molar-refractivity contribution in [1.29, 1.82) is 0 Å². The maximum Gasteiger partial charge on any atom is 0.331 e. The highest BCUT2D eigenvalue weighted by Gasteiger charge is 2.40. The lowest BCUT2D eigenvalue weighted by molar-refractivity contribution is -0.161. The molecule has 1 aromatic heterocycles. The van der Waals surface area contributed by atoms with Gasteiger partial charge < -0.3 is 35.9 Å². The van der Waals surface area contributed by atoms with Crippen molar-refractivity contribution < 1.29 is 43.7 Å². The molecule has 1 aliphatic heterocycles. The number of carbonyl (C=O) groups is 6. The Kier molecular flexibility index (Phi) is 13.7. The van der Waals surface area contributed by atoms with E-state index in [1.165, 1.54) is 13.1 Å². The quantitative estimate of drug-likeness (QED) is 0.0775. The zero-order valence-electron chi connectivity index (χ0n) is 26.7. The van der Waals surface area contributed by atoms with Crippen LogP contribution in [0.1, 0.15) is 88.9 Å². The van der Waals surface area contributed by atoms with Crippen LogP contribution in [0.25, 0.3) is 10.9 Å². The van der Waals surface area contributed by atoms with Crippen molar-refractivity contribution in [2.75, 3.05) is 6.61 Å². The Balaban J connectivity index is 1.95. The highest BCUT2D eigenvalue weighted by atomic mass is 16.5. The number of rotatable bonds is 14. The number of aromatic nitrogens is 1. The molecule has 1 aromatic carbocycles. The van der Waals surface area contributed by atoms with Crippen molar-refractivity contribution in [3.05, 3.63) is 36.0 Å². The molecule has 1 fully saturated rings. The summed E-state index contributed by atoms with van der Waals surface area (Å²) in [6.45, 7) is 4.64. The molecule has 46 heavy (non-hydrogen) atoms. The maximum absolute atomic E-state index is 13.8. The Morgan fingerprint density at radius 1 is 0.913 bits per heavy atom. The van der Waals surface area contributed by atoms with Gasteiger partial charge in [-0.15, -0.1) is 0 Å². The summed E-state index contributed by atoms with van der Waals surface area (Å²) in [6, 6.07) is 1.90. The van der Waals surface area contributed by atoms with Gasteiger partial charge in [0.2, 0.25) is 11.8 Å². The molecule has 0 radical (unpaired) electrons. The molecule has 1 saturated heterocycles. The first kappa shape index (κ1) is 36.2. The Hall–Kier alpha value is -4.26. The first-order valence-electron chi connectivity index (χ1n) is 16.0. The third-order valence-electron chi connectivity index (χ3n) is 8.46. The van der Waals surface area contributed by atoms with Crippen LogP contribution in [0.15, 0.2) is 30.5 Å². The van der Waals surface area contributed by atoms with E-state index in [2.05, 4.69) is 27.9 Å². The van der Waals surface area contributed by atoms with Gasteiger partial charge in [0.25, 0.3) is 5.91 Å². The fourth-order valence-electron chi connectivity index (χ4n) is 5.69. The number of carbonyl (C=O) groups excluding carboxylic acids is 5. The molecular formula is C33H46N4O9. The fraction of sp³-hybridized carbons (Fsp3) is 0.576. The minimum Gasteiger partial charge on any atom is -0.481 e. The largest absolute Gasteiger partial charge is 0.481 e. The van der Waals surface area contributed by atoms with Crippen LogP contribution in [0.2, 0.25) is 0 Å². The molecule has 2 heterocycles. The number of carboxylic acids is 1. The number of Topliss-reactive ketones (excluding diaryl/α,β-unsaturated/α-hetero) is 1. The number of benzene rings is 1. The molecule has 6 atom stereocenters. The van der Waals surface area contributed by atoms with Crippen molar-refractivity contribution in [2.45, 2.75) is 103 Å². The van der Waals surface area contributed by atoms with Gasteiger partial charge >= 0.3 is 11.9 Å². The maximum atomic E-state index is 13.8. The zero-order chi connectivity index (χ0) is 33.8. The van der Waals surface area contributed by atoms with Crippen LogP contribution in [0, 0.1) is 11.8 Å². The summed E-state index contributed by atoms with van der Waals surface area (Å²) in [5.74, 6) is -7.04. The average Bonchev–Trinajstić information content (AvgIpc) is 3.47. The lowest BCUT2D eigenvalue weighted by Crippen LogP contribution is -2.58. The number of aliphatic carboxylic acids is 1. The van der Waals surface area contributed by atoms with Gasteiger partial charge in [0.05, 0.1) is 12.5 Å². The van der Waals surface area contributed by atoms with Crippen LogP contribution in [0.5, 0.6) is 0 Å². The standard InChI is InChI=1S/C33H46N4O9/c1-4-5-6-7-8-9-12-19(2)29-20(3)30(42)35-24(15-16-26(39)40)31(43)37-27(32(44)36-25(18-38)33(45)46-29)28(41)22-17-34-23-14-11-10-13-21(22)23/h10-11,13-14,17,19-20,24-25,27,29,34,38H,4-9,12,15-16,18H2,1-3H3,(H,35,42)(H,36,44)(H,37,43)(H,39,40)/t19?,20?,24-,25-,27?,29?/m0/s1. The number of H-pyrrole nitrogens is 1. The van der Waals surface area contributed by atoms with Gasteiger partial charge in [0, 0.05) is 29.1 Å². The normalized spacial score (nSPS) is 23.6. The second-order valence-corrected chi connectivity index (χ2v) is 12.0. The van der Waals surface area contributed by atoms with Gasteiger partial charge in [-0.05, 0) is 24.8 Å². The number of ketones is 1. The molecule has 1 aliphatic rings. The molecule has 3 rings (SSSR count). The first-order chi connectivity index (χ1) is 22.0. The number of para-hydroxylation sites is 1. The molecule has 252 valence electrons. The third kappa shape index (κ3) is 9.62. The van der Waals surface area contributed by atoms with Gasteiger partial charge in [-0.3, -0.25) is 24.0 Å². The molecule has 2 aromatic rings. The number of ether oxygens (including phenoxy) is 1. The van der Waals surface area contributed by atoms with Gasteiger partial charge in [-0.2, -0.15) is 0 Å². The van der Waals surface area contributed by atoms with E-state index in [0.29, 0.717) is 17.3 Å². The van der Waals surface area contributed by atoms with Gasteiger partial charge in [-0.1, -0.05) is 77.5 Å². The molecular weight excluding hydrogens is 596 g/mol. The number of unbranched alkanes of at least 4 members (excludes halogenated alkanes) is 5. The third-order valence-corrected chi connectivity index (χ3v) is 8.46. The number of cyclic esters (lactones) is 1. The molecule has 4 unspecified atom stereocenters. The predicted molar refractivity (Wildman–Crippen MR) is 169 cm³/mol. The van der Waals surface area contributed by atoms with Crippen LogP contribution >= 0.6 is 0 Å². The summed E-state index contributed by atoms with van der Waals surface area (Å²) >= 11 is 0. The summed E-state index contributed by atoms with van der Waals surface area (Å²) in [7, 11) is 0. The minimum atomic E-state index is -1.89. The van der Waals surface area contributed by atoms with Crippen molar-refractivity contribution in [3.63, 3.8) is 0 Å². The Labute approximate surface area is 268 Å². The van der Waals surface area contributed by atoms with E-state index in [9.17, 15) is 39.0 Å². The summed E-state index contributed by atoms with van der Waals surface area (Å²) in [4.78, 5) is 82.0. The number of fused-ring (bicyclic) bond motifs is 1. The number of nitrogens with one attached hydrogen (secondary N) is 4. The van der Waals surface area contributed by atoms with E-state index >= 15 is 0 Å². The summed E-state index contributed by atoms with van der Waals surface area (Å²) in [5.41, 5.74) is 0.674. The second kappa shape index (κ2) is 17.4. The number of esters is 1. The molecule has 0 aliphatic carbocycles. The second-order valence-electron chi connectivity index (χ2n) is 12.0. The van der Waals surface area contributed by atoms with Gasteiger partial charge in [0.15, 0.2) is 17.9 Å². The monoisotopic (exact) mass is 642 g/mol. The average molecular weight is 643 g/mol. The molecule has 0 saturated carbocycles. The number of aliphatic hydroxyl groups is 1. The topological polar surface area (TPSA) is 204 Å². The fourth-order valence-corrected chi connectivity index (χ4v) is 5.69. The van der Waals surface area contributed by atoms with Crippen molar-refractivity contribution >= 4 is 46.3 Å². The van der Waals surface area contributed by atoms with Crippen LogP contribution in [0.4, 0.5) is 0 Å². The Morgan fingerprint density at radius 2 is 1.59 bits per heavy atom. The van der Waals surface area contributed by atoms with Crippen LogP contribution in [0.3, 0.4) is 0 Å². The molecule has 0 bridgehead atoms. The van der Waals surface area contributed by atoms with Crippen LogP contribution < -0.4 is 16.0 Å². The zero-order valence-corrected chi connectivity index (χ0v) is 26.7. The van der Waals surface area contributed by atoms with Crippen LogP contribution in [-0.2, 0) is 28.7 Å². The van der Waals surface area contributed by atoms with E-state index < -0.39 is 78.6 Å². The number of aromatic amines is 1. The van der Waals surface area contributed by atoms with E-state index in [-0.39, 0.29) is 17.9 Å². The highest BCUT2D eigenvalue weighted by Crippen LogP contribution is 2.25. The summed E-state index contributed by atoms with van der Waals surface area (Å²) in [5, 5.41) is 27.1. The molecule has 13 heteroatoms. The van der Waals surface area contributed by atoms with Gasteiger partial charge in [-0.25, -0.2) is 4.79 Å². The van der Waals surface area contributed by atoms with Gasteiger partial charge in [0.1, 0.15) is 12.1 Å². The van der Waals surface area contributed by atoms with E-state index in [0.717, 1.165) is 38.5 Å². The van der Waals surface area contributed by atoms with Crippen molar-refractivity contribution in [2.24, 2.45) is 11.8 Å². The molecule has 3 amide bonds. The lowest BCUT2D eigenvalue weighted by Gasteiger charge is -2.31. The molecule has 0 spiro atoms. The number of hydrogen-bond acceptors (Lipinski definition) is 8. The smallest absolute Gasteiger partial charge is 0.331 e. The van der Waals surface area contributed by atoms with Crippen molar-refractivity contribution in [3.8, 4) is 0 Å². The predicted octanol–water partition coefficient (Wildman–Crippen LogP) is 2.61. The van der Waals surface area contributed by atoms with E-state index in [1.54, 1.807) is 24.3 Å². The SMILES string of the molecule is CCCCCCCCC(C)C1OC(=O)[C@H](CO)NC(=O)C(C(=O)c2c[nH]c3ccccc23)NC(=O)[C@H](CCC(=O)O)NC(=O)C1C. The first-order valence-corrected chi connectivity index (χ1v) is 16.0. The number of amides is 3. The molecule has 6 N–H and O–H groups in total. The summed E-state index contributed by atoms with van der Waals surface area (Å²) < 4.78 is 5.78. The Bertz CT molecular complexity index is 1390. The lowest BCUT2D eigenvalue weighted by atomic mass is 9.88. The number of aliphatic hydroxyl groups excluding tert-OH is 1. The summed E-state index contributed by atoms with van der Waals surface area (Å²) in [6.07, 6.45) is 6.43.